The van der Waals surface area contributed by atoms with Crippen LogP contribution in [0.15, 0.2) is 34.8 Å². The quantitative estimate of drug-likeness (QED) is 0.573. The van der Waals surface area contributed by atoms with Gasteiger partial charge in [0.25, 0.3) is 0 Å². The van der Waals surface area contributed by atoms with Crippen molar-refractivity contribution in [2.45, 2.75) is 25.7 Å². The lowest BCUT2D eigenvalue weighted by Crippen LogP contribution is -2.99. The lowest BCUT2D eigenvalue weighted by atomic mass is 9.71. The third kappa shape index (κ3) is 2.40. The van der Waals surface area contributed by atoms with E-state index in [1.165, 1.54) is 23.8 Å². The molecule has 6 heteroatoms. The molecular formula is C19H19BrN2O3. The smallest absolute Gasteiger partial charge is 0.206 e. The van der Waals surface area contributed by atoms with Crippen LogP contribution in [-0.4, -0.2) is 17.3 Å². The van der Waals surface area contributed by atoms with Crippen LogP contribution in [0.2, 0.25) is 0 Å². The van der Waals surface area contributed by atoms with Gasteiger partial charge >= 0.3 is 0 Å². The zero-order chi connectivity index (χ0) is 17.9. The van der Waals surface area contributed by atoms with Crippen LogP contribution < -0.4 is 9.96 Å². The van der Waals surface area contributed by atoms with Crippen molar-refractivity contribution < 1.29 is 15.2 Å². The van der Waals surface area contributed by atoms with Crippen LogP contribution in [0.5, 0.6) is 5.75 Å². The van der Waals surface area contributed by atoms with E-state index in [9.17, 15) is 10.4 Å². The third-order valence-corrected chi connectivity index (χ3v) is 5.68. The summed E-state index contributed by atoms with van der Waals surface area (Å²) in [5.41, 5.74) is 5.60. The SMILES string of the molecule is COc1cc2c(cc1[NH+]([O-])O)Cc1c([nH]c3cc(Br)ccc13)C2(C)C. The first-order valence-electron chi connectivity index (χ1n) is 8.08. The van der Waals surface area contributed by atoms with Gasteiger partial charge in [-0.3, -0.25) is 0 Å². The average molecular weight is 403 g/mol. The van der Waals surface area contributed by atoms with Crippen molar-refractivity contribution in [2.75, 3.05) is 7.11 Å². The van der Waals surface area contributed by atoms with Gasteiger partial charge in [-0.05, 0) is 34.9 Å². The van der Waals surface area contributed by atoms with E-state index >= 15 is 0 Å². The summed E-state index contributed by atoms with van der Waals surface area (Å²) in [5.74, 6) is 0.404. The van der Waals surface area contributed by atoms with E-state index in [1.807, 2.05) is 12.1 Å². The molecule has 1 atom stereocenters. The number of aromatic nitrogens is 1. The van der Waals surface area contributed by atoms with Crippen molar-refractivity contribution in [3.8, 4) is 5.75 Å². The number of rotatable bonds is 2. The van der Waals surface area contributed by atoms with Crippen molar-refractivity contribution in [2.24, 2.45) is 0 Å². The summed E-state index contributed by atoms with van der Waals surface area (Å²) < 4.78 is 6.36. The van der Waals surface area contributed by atoms with Gasteiger partial charge in [0.1, 0.15) is 0 Å². The van der Waals surface area contributed by atoms with Crippen LogP contribution in [0.1, 0.15) is 36.2 Å². The van der Waals surface area contributed by atoms with E-state index in [0.717, 1.165) is 21.1 Å². The van der Waals surface area contributed by atoms with Gasteiger partial charge in [-0.15, -0.1) is 0 Å². The fourth-order valence-corrected chi connectivity index (χ4v) is 4.32. The summed E-state index contributed by atoms with van der Waals surface area (Å²) >= 11 is 3.53. The lowest BCUT2D eigenvalue weighted by molar-refractivity contribution is -0.991. The maximum Gasteiger partial charge on any atom is 0.206 e. The molecule has 4 rings (SSSR count). The summed E-state index contributed by atoms with van der Waals surface area (Å²) in [7, 11) is 1.51. The first-order chi connectivity index (χ1) is 11.8. The number of hydrogen-bond acceptors (Lipinski definition) is 3. The Labute approximate surface area is 153 Å². The van der Waals surface area contributed by atoms with Gasteiger partial charge < -0.3 is 14.9 Å². The van der Waals surface area contributed by atoms with E-state index in [1.54, 1.807) is 6.07 Å². The molecule has 130 valence electrons. The second-order valence-corrected chi connectivity index (χ2v) is 7.90. The molecule has 0 fully saturated rings. The topological polar surface area (TPSA) is 72.8 Å². The van der Waals surface area contributed by atoms with E-state index in [-0.39, 0.29) is 11.1 Å². The minimum Gasteiger partial charge on any atom is -0.595 e. The van der Waals surface area contributed by atoms with Crippen molar-refractivity contribution >= 4 is 32.5 Å². The van der Waals surface area contributed by atoms with Gasteiger partial charge in [-0.2, -0.15) is 5.23 Å². The van der Waals surface area contributed by atoms with Crippen LogP contribution in [0.4, 0.5) is 5.69 Å². The standard InChI is InChI=1S/C19H19BrN2O3/c1-19(2)14-9-17(25-3)16(22(23)24)7-10(14)6-13-12-5-4-11(20)8-15(12)21-18(13)19/h4-5,7-9,21-23H,6H2,1-3H3. The number of fused-ring (bicyclic) bond motifs is 4. The van der Waals surface area contributed by atoms with E-state index in [2.05, 4.69) is 46.9 Å². The van der Waals surface area contributed by atoms with Crippen molar-refractivity contribution in [3.05, 3.63) is 62.4 Å². The summed E-state index contributed by atoms with van der Waals surface area (Å²) in [6.07, 6.45) is 0.708. The van der Waals surface area contributed by atoms with Crippen LogP contribution in [0.25, 0.3) is 10.9 Å². The van der Waals surface area contributed by atoms with Gasteiger partial charge in [-0.1, -0.05) is 35.8 Å². The highest BCUT2D eigenvalue weighted by Crippen LogP contribution is 2.46. The molecule has 1 aliphatic rings. The first kappa shape index (κ1) is 16.6. The van der Waals surface area contributed by atoms with Crippen molar-refractivity contribution in [3.63, 3.8) is 0 Å². The Morgan fingerprint density at radius 1 is 1.28 bits per heavy atom. The number of quaternary nitrogens is 1. The number of methoxy groups -OCH3 is 1. The molecule has 0 radical (unpaired) electrons. The number of H-pyrrole nitrogens is 1. The van der Waals surface area contributed by atoms with Crippen molar-refractivity contribution in [1.82, 2.24) is 4.98 Å². The molecule has 0 spiro atoms. The number of benzene rings is 2. The zero-order valence-electron chi connectivity index (χ0n) is 14.2. The van der Waals surface area contributed by atoms with Gasteiger partial charge in [-0.25, -0.2) is 5.21 Å². The highest BCUT2D eigenvalue weighted by molar-refractivity contribution is 9.10. The molecular weight excluding hydrogens is 384 g/mol. The summed E-state index contributed by atoms with van der Waals surface area (Å²) in [5, 5.41) is 21.3. The Morgan fingerprint density at radius 3 is 2.72 bits per heavy atom. The predicted octanol–water partition coefficient (Wildman–Crippen LogP) is 3.57. The number of hydrogen-bond donors (Lipinski definition) is 3. The molecule has 1 unspecified atom stereocenters. The highest BCUT2D eigenvalue weighted by Gasteiger charge is 2.36. The van der Waals surface area contributed by atoms with Crippen LogP contribution >= 0.6 is 15.9 Å². The Balaban J connectivity index is 1.98. The van der Waals surface area contributed by atoms with Crippen LogP contribution in [0.3, 0.4) is 0 Å². The van der Waals surface area contributed by atoms with E-state index < -0.39 is 5.23 Å². The van der Waals surface area contributed by atoms with Gasteiger partial charge in [0.15, 0.2) is 5.75 Å². The second-order valence-electron chi connectivity index (χ2n) is 6.99. The zero-order valence-corrected chi connectivity index (χ0v) is 15.8. The predicted molar refractivity (Wildman–Crippen MR) is 99.7 cm³/mol. The number of aromatic amines is 1. The molecule has 2 aromatic carbocycles. The Bertz CT molecular complexity index is 992. The molecule has 1 heterocycles. The van der Waals surface area contributed by atoms with Gasteiger partial charge in [0, 0.05) is 39.0 Å². The molecule has 1 aliphatic carbocycles. The first-order valence-corrected chi connectivity index (χ1v) is 8.87. The fraction of sp³-hybridized carbons (Fsp3) is 0.263. The fourth-order valence-electron chi connectivity index (χ4n) is 3.96. The van der Waals surface area contributed by atoms with Crippen LogP contribution in [-0.2, 0) is 11.8 Å². The van der Waals surface area contributed by atoms with Crippen LogP contribution in [0, 0.1) is 5.21 Å². The van der Waals surface area contributed by atoms with E-state index in [4.69, 9.17) is 4.74 Å². The molecule has 3 N–H and O–H groups in total. The molecule has 1 aromatic heterocycles. The summed E-state index contributed by atoms with van der Waals surface area (Å²) in [6.45, 7) is 4.32. The molecule has 0 amide bonds. The molecule has 0 saturated heterocycles. The molecule has 0 saturated carbocycles. The largest absolute Gasteiger partial charge is 0.595 e. The minimum atomic E-state index is -0.967. The molecule has 25 heavy (non-hydrogen) atoms. The summed E-state index contributed by atoms with van der Waals surface area (Å²) in [4.78, 5) is 3.58. The number of nitrogens with one attached hydrogen (secondary N) is 2. The Hall–Kier alpha value is -1.86. The monoisotopic (exact) mass is 402 g/mol. The highest BCUT2D eigenvalue weighted by atomic mass is 79.9. The summed E-state index contributed by atoms with van der Waals surface area (Å²) in [6, 6.07) is 9.87. The maximum atomic E-state index is 11.6. The third-order valence-electron chi connectivity index (χ3n) is 5.19. The maximum absolute atomic E-state index is 11.6. The van der Waals surface area contributed by atoms with Crippen molar-refractivity contribution in [1.29, 1.82) is 0 Å². The second kappa shape index (κ2) is 5.57. The Kier molecular flexibility index (Phi) is 3.70. The molecule has 5 nitrogen and oxygen atoms in total. The molecule has 0 aliphatic heterocycles. The average Bonchev–Trinajstić information content (AvgIpc) is 2.92. The van der Waals surface area contributed by atoms with Gasteiger partial charge in [0.05, 0.1) is 7.11 Å². The lowest BCUT2D eigenvalue weighted by Gasteiger charge is -2.34. The normalized spacial score (nSPS) is 16.4. The molecule has 0 bridgehead atoms. The molecule has 3 aromatic rings. The van der Waals surface area contributed by atoms with E-state index in [0.29, 0.717) is 12.2 Å². The van der Waals surface area contributed by atoms with Gasteiger partial charge in [0.2, 0.25) is 5.69 Å². The Morgan fingerprint density at radius 2 is 2.04 bits per heavy atom. The minimum absolute atomic E-state index is 0.211. The number of ether oxygens (including phenoxy) is 1. The number of halogens is 1.